The van der Waals surface area contributed by atoms with Crippen LogP contribution >= 0.6 is 37.7 Å². The van der Waals surface area contributed by atoms with Crippen LogP contribution in [0.3, 0.4) is 0 Å². The topological polar surface area (TPSA) is 98.9 Å². The summed E-state index contributed by atoms with van der Waals surface area (Å²) in [5.74, 6) is 5.26. The molecule has 0 unspecified atom stereocenters. The summed E-state index contributed by atoms with van der Waals surface area (Å²) in [4.78, 5) is 0. The molecule has 498 valence electrons. The van der Waals surface area contributed by atoms with Crippen LogP contribution in [-0.4, -0.2) is 44.3 Å². The first-order chi connectivity index (χ1) is 34.5. The van der Waals surface area contributed by atoms with Crippen molar-refractivity contribution >= 4 is 37.7 Å². The molecule has 16 heteroatoms. The van der Waals surface area contributed by atoms with Gasteiger partial charge < -0.3 is 29.7 Å². The Hall–Kier alpha value is 2.31. The molecule has 0 heterocycles. The predicted octanol–water partition coefficient (Wildman–Crippen LogP) is 27.3. The molecule has 0 N–H and O–H groups in total. The fraction of sp³-hybridized carbons (Fsp3) is 0.938. The van der Waals surface area contributed by atoms with Crippen molar-refractivity contribution in [3.63, 3.8) is 0 Å². The summed E-state index contributed by atoms with van der Waals surface area (Å²) in [6.07, 6.45) is 28.3. The third-order valence-electron chi connectivity index (χ3n) is 11.0. The molecule has 4 saturated carbocycles. The molecule has 4 aliphatic rings. The van der Waals surface area contributed by atoms with Crippen molar-refractivity contribution in [3.05, 3.63) is 29.7 Å². The summed E-state index contributed by atoms with van der Waals surface area (Å²) in [6, 6.07) is 0. The fourth-order valence-corrected chi connectivity index (χ4v) is 34.9. The van der Waals surface area contributed by atoms with Crippen molar-refractivity contribution in [2.75, 3.05) is 0 Å². The molecule has 0 aliphatic heterocycles. The second-order valence-corrected chi connectivity index (χ2v) is 50.7. The van der Waals surface area contributed by atoms with Gasteiger partial charge in [0.1, 0.15) is 0 Å². The SMILES string of the molecule is CC(C)(C)[N]=[W]([Cl])=[N]C(C)(C)C.CC(C)(C)[N]=[W]([Cl])=[N]C(C)(C)C.CC(C)(C)[N]=[W]([Cl])=[N]C(C)(C)C.CC(C)(C)[N]=[W]([Cl])=[N]C(C)(C)C.CC(C)C1CCCC1.CC1CCCC1.CCC1CCCC1.CCCC1CCCC1.[CH3-].[CH3-].[CH3-].[CH3-]. The summed E-state index contributed by atoms with van der Waals surface area (Å²) >= 11 is -9.01. The Balaban J connectivity index is -0.000000125. The van der Waals surface area contributed by atoms with Crippen LogP contribution in [-0.2, 0) is 63.6 Å². The number of hydrogen-bond donors (Lipinski definition) is 0. The number of hydrogen-bond acceptors (Lipinski definition) is 8. The van der Waals surface area contributed by atoms with Crippen LogP contribution in [0.25, 0.3) is 0 Å². The summed E-state index contributed by atoms with van der Waals surface area (Å²) < 4.78 is 35.9. The molecule has 0 bridgehead atoms. The summed E-state index contributed by atoms with van der Waals surface area (Å²) in [7, 11) is 24.4. The molecular formula is C65H142Cl4N8W4-4. The average molecular weight is 1910 g/mol. The van der Waals surface area contributed by atoms with Gasteiger partial charge in [-0.15, -0.1) is 0 Å². The molecule has 0 aromatic heterocycles. The number of halogens is 4. The zero-order valence-corrected chi connectivity index (χ0v) is 74.8. The van der Waals surface area contributed by atoms with E-state index in [1.54, 1.807) is 0 Å². The minimum absolute atomic E-state index is 0. The zero-order chi connectivity index (χ0) is 61.3. The molecule has 4 aliphatic carbocycles. The predicted molar refractivity (Wildman–Crippen MR) is 360 cm³/mol. The minimum atomic E-state index is -2.25. The van der Waals surface area contributed by atoms with Crippen LogP contribution in [0.4, 0.5) is 0 Å². The molecule has 0 aromatic carbocycles. The molecule has 4 fully saturated rings. The standard InChI is InChI=1S/2C8H16.C7H14.C6H12.8C4H9N.4CH3.4ClH.4W/c1-7(2)8-5-3-4-6-8;1-2-5-8-6-3-4-7-8;1-2-7-5-3-4-6-7;1-6-4-2-3-5-6;8*1-4(2,3)5;;;;;;;;;;;;/h7-8H,3-6H2,1-2H3;8H,2-7H2,1H3;7H,2-6H2,1H3;6H,2-5H2,1H3;8*1-3H3;4*1H3;4*1H;;;;/q;;;;;;;;;;;;4*-1;;;;;4*+1/p-4. The molecule has 0 amide bonds. The van der Waals surface area contributed by atoms with Gasteiger partial charge in [-0.3, -0.25) is 0 Å². The van der Waals surface area contributed by atoms with Gasteiger partial charge in [0.05, 0.1) is 0 Å². The molecule has 0 spiro atoms. The first-order valence-electron chi connectivity index (χ1n) is 29.9. The van der Waals surface area contributed by atoms with Gasteiger partial charge in [0.15, 0.2) is 0 Å². The van der Waals surface area contributed by atoms with E-state index in [9.17, 15) is 0 Å². The van der Waals surface area contributed by atoms with Crippen LogP contribution in [0.5, 0.6) is 0 Å². The molecule has 0 saturated heterocycles. The Labute approximate surface area is 550 Å². The third-order valence-corrected chi connectivity index (χ3v) is 35.6. The van der Waals surface area contributed by atoms with Crippen molar-refractivity contribution in [1.82, 2.24) is 0 Å². The Morgan fingerprint density at radius 1 is 0.333 bits per heavy atom. The first-order valence-corrected chi connectivity index (χ1v) is 55.0. The molecule has 0 atom stereocenters. The van der Waals surface area contributed by atoms with Crippen molar-refractivity contribution in [1.29, 1.82) is 0 Å². The van der Waals surface area contributed by atoms with Gasteiger partial charge in [-0.05, 0) is 29.6 Å². The number of nitrogens with zero attached hydrogens (tertiary/aromatic N) is 8. The van der Waals surface area contributed by atoms with Crippen molar-refractivity contribution in [3.8, 4) is 0 Å². The normalized spacial score (nSPS) is 17.5. The van der Waals surface area contributed by atoms with Gasteiger partial charge in [-0.25, -0.2) is 0 Å². The largest absolute Gasteiger partial charge is 0.358 e. The summed E-state index contributed by atoms with van der Waals surface area (Å²) in [5.41, 5.74) is -0.188. The van der Waals surface area contributed by atoms with Crippen LogP contribution in [0.2, 0.25) is 0 Å². The number of rotatable bonds is 4. The average Bonchev–Trinajstić information content (AvgIpc) is 4.00. The fourth-order valence-electron chi connectivity index (χ4n) is 7.77. The van der Waals surface area contributed by atoms with Gasteiger partial charge in [-0.2, -0.15) is 0 Å². The van der Waals surface area contributed by atoms with E-state index in [0.717, 1.165) is 29.6 Å². The maximum Gasteiger partial charge on any atom is -0.0391 e. The maximum atomic E-state index is 6.11. The van der Waals surface area contributed by atoms with Crippen LogP contribution < -0.4 is 0 Å². The Morgan fingerprint density at radius 3 is 0.642 bits per heavy atom. The van der Waals surface area contributed by atoms with Crippen LogP contribution in [0, 0.1) is 59.3 Å². The zero-order valence-electron chi connectivity index (χ0n) is 60.0. The van der Waals surface area contributed by atoms with Gasteiger partial charge in [0, 0.05) is 0 Å². The van der Waals surface area contributed by atoms with E-state index in [-0.39, 0.29) is 74.0 Å². The van der Waals surface area contributed by atoms with Gasteiger partial charge in [0.25, 0.3) is 0 Å². The molecule has 81 heavy (non-hydrogen) atoms. The summed E-state index contributed by atoms with van der Waals surface area (Å²) in [6.45, 7) is 61.1. The summed E-state index contributed by atoms with van der Waals surface area (Å²) in [5, 5.41) is 0. The van der Waals surface area contributed by atoms with Gasteiger partial charge in [-0.1, -0.05) is 157 Å². The minimum Gasteiger partial charge on any atom is -0.358 e. The Kier molecular flexibility index (Phi) is 61.5. The van der Waals surface area contributed by atoms with E-state index >= 15 is 0 Å². The van der Waals surface area contributed by atoms with E-state index in [0.29, 0.717) is 0 Å². The van der Waals surface area contributed by atoms with Crippen molar-refractivity contribution < 1.29 is 63.6 Å². The second kappa shape index (κ2) is 50.0. The molecule has 8 nitrogen and oxygen atoms in total. The van der Waals surface area contributed by atoms with Crippen LogP contribution in [0.1, 0.15) is 323 Å². The smallest absolute Gasteiger partial charge is 0.0391 e. The van der Waals surface area contributed by atoms with Crippen LogP contribution in [0.15, 0.2) is 28.0 Å². The maximum absolute atomic E-state index is 6.11. The Bertz CT molecular complexity index is 1580. The van der Waals surface area contributed by atoms with E-state index in [2.05, 4.69) is 229 Å². The van der Waals surface area contributed by atoms with Gasteiger partial charge in [0.2, 0.25) is 0 Å². The monoisotopic (exact) mass is 1910 g/mol. The van der Waals surface area contributed by atoms with E-state index in [1.807, 2.05) is 0 Å². The molecule has 0 radical (unpaired) electrons. The molecular weight excluding hydrogens is 1770 g/mol. The Morgan fingerprint density at radius 2 is 0.519 bits per heavy atom. The molecule has 4 rings (SSSR count). The first kappa shape index (κ1) is 99.5. The van der Waals surface area contributed by atoms with E-state index in [1.165, 1.54) is 122 Å². The van der Waals surface area contributed by atoms with Gasteiger partial charge >= 0.3 is 340 Å². The molecule has 0 aromatic rings. The second-order valence-electron chi connectivity index (χ2n) is 30.2. The van der Waals surface area contributed by atoms with E-state index < -0.39 is 63.6 Å². The quantitative estimate of drug-likeness (QED) is 0.251. The van der Waals surface area contributed by atoms with Crippen molar-refractivity contribution in [2.24, 2.45) is 57.6 Å². The van der Waals surface area contributed by atoms with Crippen molar-refractivity contribution in [2.45, 2.75) is 367 Å². The van der Waals surface area contributed by atoms with E-state index in [4.69, 9.17) is 37.7 Å². The third kappa shape index (κ3) is 84.4.